The van der Waals surface area contributed by atoms with E-state index in [9.17, 15) is 0 Å². The van der Waals surface area contributed by atoms with Crippen molar-refractivity contribution >= 4 is 33.4 Å². The molecule has 3 heteroatoms. The van der Waals surface area contributed by atoms with E-state index >= 15 is 0 Å². The third-order valence-electron chi connectivity index (χ3n) is 1.96. The van der Waals surface area contributed by atoms with Gasteiger partial charge >= 0.3 is 0 Å². The second-order valence-electron chi connectivity index (χ2n) is 3.11. The van der Waals surface area contributed by atoms with E-state index < -0.39 is 0 Å². The van der Waals surface area contributed by atoms with Crippen LogP contribution in [-0.4, -0.2) is 18.6 Å². The normalized spacial score (nSPS) is 10.1. The molecular weight excluding hydrogens is 258 g/mol. The molecule has 14 heavy (non-hydrogen) atoms. The second-order valence-corrected chi connectivity index (χ2v) is 4.95. The van der Waals surface area contributed by atoms with Crippen LogP contribution in [0.3, 0.4) is 0 Å². The first-order valence-corrected chi connectivity index (χ1v) is 7.00. The van der Waals surface area contributed by atoms with Crippen molar-refractivity contribution in [2.75, 3.05) is 23.9 Å². The van der Waals surface area contributed by atoms with Gasteiger partial charge < -0.3 is 5.32 Å². The van der Waals surface area contributed by atoms with Crippen LogP contribution in [0, 0.1) is 0 Å². The Kier molecular flexibility index (Phi) is 6.12. The van der Waals surface area contributed by atoms with Gasteiger partial charge in [-0.2, -0.15) is 11.8 Å². The summed E-state index contributed by atoms with van der Waals surface area (Å²) < 4.78 is 1.14. The Balaban J connectivity index is 2.21. The van der Waals surface area contributed by atoms with Crippen molar-refractivity contribution in [3.05, 3.63) is 28.7 Å². The van der Waals surface area contributed by atoms with Gasteiger partial charge in [0.2, 0.25) is 0 Å². The van der Waals surface area contributed by atoms with E-state index in [-0.39, 0.29) is 0 Å². The van der Waals surface area contributed by atoms with Gasteiger partial charge in [0.1, 0.15) is 0 Å². The lowest BCUT2D eigenvalue weighted by atomic mass is 10.3. The van der Waals surface area contributed by atoms with Crippen LogP contribution in [0.2, 0.25) is 0 Å². The number of thioether (sulfide) groups is 1. The number of para-hydroxylation sites is 1. The van der Waals surface area contributed by atoms with Crippen LogP contribution in [0.15, 0.2) is 28.7 Å². The standard InChI is InChI=1S/C11H16BrNS/c1-14-9-5-4-8-13-11-7-3-2-6-10(11)12/h2-3,6-7,13H,4-5,8-9H2,1H3. The number of rotatable bonds is 6. The minimum absolute atomic E-state index is 1.06. The molecule has 1 N–H and O–H groups in total. The number of hydrogen-bond donors (Lipinski definition) is 1. The van der Waals surface area contributed by atoms with Crippen molar-refractivity contribution in [2.45, 2.75) is 12.8 Å². The molecule has 0 amide bonds. The molecule has 0 spiro atoms. The molecule has 0 unspecified atom stereocenters. The Morgan fingerprint density at radius 1 is 1.29 bits per heavy atom. The fourth-order valence-electron chi connectivity index (χ4n) is 1.20. The van der Waals surface area contributed by atoms with Crippen LogP contribution in [0.5, 0.6) is 0 Å². The minimum atomic E-state index is 1.06. The highest BCUT2D eigenvalue weighted by Crippen LogP contribution is 2.20. The summed E-state index contributed by atoms with van der Waals surface area (Å²) in [6, 6.07) is 8.24. The molecule has 1 nitrogen and oxygen atoms in total. The molecule has 0 bridgehead atoms. The molecule has 78 valence electrons. The number of nitrogens with one attached hydrogen (secondary N) is 1. The van der Waals surface area contributed by atoms with Crippen LogP contribution >= 0.6 is 27.7 Å². The zero-order valence-electron chi connectivity index (χ0n) is 8.42. The summed E-state index contributed by atoms with van der Waals surface area (Å²) in [5.41, 5.74) is 1.19. The van der Waals surface area contributed by atoms with Gasteiger partial charge in [0, 0.05) is 16.7 Å². The smallest absolute Gasteiger partial charge is 0.0484 e. The first-order valence-electron chi connectivity index (χ1n) is 4.82. The molecule has 0 saturated carbocycles. The highest BCUT2D eigenvalue weighted by Gasteiger charge is 1.95. The van der Waals surface area contributed by atoms with Gasteiger partial charge in [0.15, 0.2) is 0 Å². The summed E-state index contributed by atoms with van der Waals surface area (Å²) in [5.74, 6) is 1.26. The van der Waals surface area contributed by atoms with E-state index in [1.54, 1.807) is 0 Å². The molecule has 0 aromatic heterocycles. The van der Waals surface area contributed by atoms with Crippen molar-refractivity contribution in [3.63, 3.8) is 0 Å². The lowest BCUT2D eigenvalue weighted by Crippen LogP contribution is -2.02. The Labute approximate surface area is 98.8 Å². The topological polar surface area (TPSA) is 12.0 Å². The molecule has 0 aliphatic rings. The van der Waals surface area contributed by atoms with Gasteiger partial charge in [-0.3, -0.25) is 0 Å². The lowest BCUT2D eigenvalue weighted by molar-refractivity contribution is 0.843. The van der Waals surface area contributed by atoms with Crippen LogP contribution < -0.4 is 5.32 Å². The van der Waals surface area contributed by atoms with Gasteiger partial charge in [-0.1, -0.05) is 12.1 Å². The minimum Gasteiger partial charge on any atom is -0.384 e. The van der Waals surface area contributed by atoms with E-state index in [1.807, 2.05) is 17.8 Å². The number of hydrogen-bond acceptors (Lipinski definition) is 2. The summed E-state index contributed by atoms with van der Waals surface area (Å²) >= 11 is 5.43. The quantitative estimate of drug-likeness (QED) is 0.787. The van der Waals surface area contributed by atoms with E-state index in [2.05, 4.69) is 45.7 Å². The Bertz CT molecular complexity index is 265. The molecule has 0 atom stereocenters. The fourth-order valence-corrected chi connectivity index (χ4v) is 2.12. The number of anilines is 1. The highest BCUT2D eigenvalue weighted by molar-refractivity contribution is 9.10. The molecule has 0 aliphatic heterocycles. The average Bonchev–Trinajstić information content (AvgIpc) is 2.20. The number of unbranched alkanes of at least 4 members (excludes halogenated alkanes) is 1. The van der Waals surface area contributed by atoms with Crippen molar-refractivity contribution in [1.82, 2.24) is 0 Å². The van der Waals surface area contributed by atoms with Crippen molar-refractivity contribution in [1.29, 1.82) is 0 Å². The van der Waals surface area contributed by atoms with Crippen LogP contribution in [0.1, 0.15) is 12.8 Å². The summed E-state index contributed by atoms with van der Waals surface area (Å²) in [7, 11) is 0. The molecule has 0 fully saturated rings. The van der Waals surface area contributed by atoms with E-state index in [0.29, 0.717) is 0 Å². The van der Waals surface area contributed by atoms with Gasteiger partial charge in [0.25, 0.3) is 0 Å². The molecule has 0 saturated heterocycles. The molecule has 1 aromatic rings. The first kappa shape index (κ1) is 11.9. The predicted octanol–water partition coefficient (Wildman–Crippen LogP) is 4.00. The molecule has 1 aromatic carbocycles. The third kappa shape index (κ3) is 4.38. The van der Waals surface area contributed by atoms with Gasteiger partial charge in [-0.05, 0) is 52.9 Å². The molecule has 0 heterocycles. The Morgan fingerprint density at radius 2 is 2.07 bits per heavy atom. The molecular formula is C11H16BrNS. The maximum Gasteiger partial charge on any atom is 0.0484 e. The zero-order valence-corrected chi connectivity index (χ0v) is 10.8. The highest BCUT2D eigenvalue weighted by atomic mass is 79.9. The monoisotopic (exact) mass is 273 g/mol. The van der Waals surface area contributed by atoms with E-state index in [0.717, 1.165) is 11.0 Å². The summed E-state index contributed by atoms with van der Waals surface area (Å²) in [5, 5.41) is 3.42. The maximum absolute atomic E-state index is 3.51. The van der Waals surface area contributed by atoms with Crippen LogP contribution in [0.25, 0.3) is 0 Å². The zero-order chi connectivity index (χ0) is 10.2. The van der Waals surface area contributed by atoms with Gasteiger partial charge in [-0.25, -0.2) is 0 Å². The fraction of sp³-hybridized carbons (Fsp3) is 0.455. The van der Waals surface area contributed by atoms with E-state index in [4.69, 9.17) is 0 Å². The third-order valence-corrected chi connectivity index (χ3v) is 3.35. The Morgan fingerprint density at radius 3 is 2.79 bits per heavy atom. The predicted molar refractivity (Wildman–Crippen MR) is 70.2 cm³/mol. The summed E-state index contributed by atoms with van der Waals surface area (Å²) in [6.45, 7) is 1.06. The molecule has 0 aliphatic carbocycles. The largest absolute Gasteiger partial charge is 0.384 e. The average molecular weight is 274 g/mol. The number of halogens is 1. The SMILES string of the molecule is CSCCCCNc1ccccc1Br. The van der Waals surface area contributed by atoms with Gasteiger partial charge in [0.05, 0.1) is 0 Å². The van der Waals surface area contributed by atoms with Gasteiger partial charge in [-0.15, -0.1) is 0 Å². The van der Waals surface area contributed by atoms with Crippen molar-refractivity contribution in [2.24, 2.45) is 0 Å². The molecule has 1 rings (SSSR count). The molecule has 0 radical (unpaired) electrons. The summed E-state index contributed by atoms with van der Waals surface area (Å²) in [4.78, 5) is 0. The lowest BCUT2D eigenvalue weighted by Gasteiger charge is -2.07. The summed E-state index contributed by atoms with van der Waals surface area (Å²) in [6.07, 6.45) is 4.68. The second kappa shape index (κ2) is 7.18. The van der Waals surface area contributed by atoms with Crippen LogP contribution in [-0.2, 0) is 0 Å². The van der Waals surface area contributed by atoms with Crippen molar-refractivity contribution in [3.8, 4) is 0 Å². The Hall–Kier alpha value is -0.150. The number of benzene rings is 1. The first-order chi connectivity index (χ1) is 6.84. The van der Waals surface area contributed by atoms with E-state index in [1.165, 1.54) is 24.3 Å². The van der Waals surface area contributed by atoms with Crippen LogP contribution in [0.4, 0.5) is 5.69 Å². The van der Waals surface area contributed by atoms with Crippen molar-refractivity contribution < 1.29 is 0 Å². The maximum atomic E-state index is 3.51.